The Hall–Kier alpha value is -2.57. The Morgan fingerprint density at radius 3 is 2.90 bits per heavy atom. The predicted octanol–water partition coefficient (Wildman–Crippen LogP) is 2.26. The largest absolute Gasteiger partial charge is 0.457 e. The summed E-state index contributed by atoms with van der Waals surface area (Å²) in [5.41, 5.74) is 0.738. The van der Waals surface area contributed by atoms with E-state index >= 15 is 0 Å². The van der Waals surface area contributed by atoms with E-state index in [-0.39, 0.29) is 24.4 Å². The Bertz CT molecular complexity index is 683. The number of carbonyl (C=O) groups excluding carboxylic acids is 1. The van der Waals surface area contributed by atoms with Crippen LogP contribution in [0.2, 0.25) is 0 Å². The lowest BCUT2D eigenvalue weighted by molar-refractivity contribution is 0.0542. The molecule has 0 fully saturated rings. The molecular formula is C14H13F2N3O2. The molecule has 0 radical (unpaired) electrons. The van der Waals surface area contributed by atoms with E-state index in [0.717, 1.165) is 12.1 Å². The molecule has 1 aromatic carbocycles. The van der Waals surface area contributed by atoms with Crippen LogP contribution in [0.1, 0.15) is 21.7 Å². The Morgan fingerprint density at radius 2 is 2.24 bits per heavy atom. The molecule has 21 heavy (non-hydrogen) atoms. The summed E-state index contributed by atoms with van der Waals surface area (Å²) in [6.07, 6.45) is 1.44. The molecule has 0 bridgehead atoms. The van der Waals surface area contributed by atoms with Crippen molar-refractivity contribution in [3.8, 4) is 0 Å². The molecule has 0 saturated carbocycles. The van der Waals surface area contributed by atoms with Crippen molar-refractivity contribution in [2.75, 3.05) is 6.61 Å². The van der Waals surface area contributed by atoms with Crippen molar-refractivity contribution in [1.82, 2.24) is 15.0 Å². The van der Waals surface area contributed by atoms with Gasteiger partial charge in [-0.3, -0.25) is 0 Å². The van der Waals surface area contributed by atoms with Crippen LogP contribution >= 0.6 is 0 Å². The lowest BCUT2D eigenvalue weighted by Gasteiger charge is -2.05. The second-order valence-electron chi connectivity index (χ2n) is 4.30. The number of rotatable bonds is 5. The molecule has 1 aromatic heterocycles. The highest BCUT2D eigenvalue weighted by Gasteiger charge is 2.18. The van der Waals surface area contributed by atoms with Gasteiger partial charge in [-0.1, -0.05) is 23.9 Å². The van der Waals surface area contributed by atoms with E-state index in [1.807, 2.05) is 0 Å². The first-order valence-corrected chi connectivity index (χ1v) is 6.15. The van der Waals surface area contributed by atoms with Crippen molar-refractivity contribution in [3.63, 3.8) is 0 Å². The molecule has 2 aromatic rings. The van der Waals surface area contributed by atoms with Gasteiger partial charge in [-0.15, -0.1) is 5.10 Å². The molecule has 5 nitrogen and oxygen atoms in total. The van der Waals surface area contributed by atoms with Gasteiger partial charge in [0.25, 0.3) is 0 Å². The zero-order chi connectivity index (χ0) is 15.4. The molecule has 0 N–H and O–H groups in total. The van der Waals surface area contributed by atoms with Gasteiger partial charge in [0.15, 0.2) is 5.69 Å². The average molecular weight is 293 g/mol. The Labute approximate surface area is 119 Å². The van der Waals surface area contributed by atoms with Gasteiger partial charge in [0.2, 0.25) is 0 Å². The third-order valence-electron chi connectivity index (χ3n) is 2.84. The molecule has 0 aliphatic carbocycles. The highest BCUT2D eigenvalue weighted by atomic mass is 19.1. The van der Waals surface area contributed by atoms with E-state index in [0.29, 0.717) is 5.69 Å². The van der Waals surface area contributed by atoms with Gasteiger partial charge < -0.3 is 4.74 Å². The van der Waals surface area contributed by atoms with E-state index in [1.54, 1.807) is 6.92 Å². The lowest BCUT2D eigenvalue weighted by atomic mass is 10.2. The van der Waals surface area contributed by atoms with E-state index in [4.69, 9.17) is 4.74 Å². The molecule has 0 saturated heterocycles. The molecule has 7 heteroatoms. The summed E-state index contributed by atoms with van der Waals surface area (Å²) in [4.78, 5) is 11.7. The SMILES string of the molecule is C=CCOC(=O)c1nnn(Cc2ccc(F)cc2F)c1C. The minimum Gasteiger partial charge on any atom is -0.457 e. The third kappa shape index (κ3) is 3.31. The van der Waals surface area contributed by atoms with E-state index < -0.39 is 17.6 Å². The first kappa shape index (κ1) is 14.8. The topological polar surface area (TPSA) is 57.0 Å². The van der Waals surface area contributed by atoms with Crippen LogP contribution in [-0.4, -0.2) is 27.6 Å². The standard InChI is InChI=1S/C14H13F2N3O2/c1-3-6-21-14(20)13-9(2)19(18-17-13)8-10-4-5-11(15)7-12(10)16/h3-5,7H,1,6,8H2,2H3. The Morgan fingerprint density at radius 1 is 1.48 bits per heavy atom. The van der Waals surface area contributed by atoms with Gasteiger partial charge >= 0.3 is 5.97 Å². The van der Waals surface area contributed by atoms with Crippen LogP contribution in [-0.2, 0) is 11.3 Å². The van der Waals surface area contributed by atoms with Gasteiger partial charge in [0.05, 0.1) is 12.2 Å². The van der Waals surface area contributed by atoms with E-state index in [1.165, 1.54) is 16.8 Å². The number of halogens is 2. The molecule has 0 unspecified atom stereocenters. The van der Waals surface area contributed by atoms with Gasteiger partial charge in [-0.05, 0) is 13.0 Å². The molecule has 1 heterocycles. The van der Waals surface area contributed by atoms with Gasteiger partial charge in [-0.2, -0.15) is 0 Å². The molecule has 0 atom stereocenters. The summed E-state index contributed by atoms with van der Waals surface area (Å²) in [5.74, 6) is -1.96. The molecule has 0 aliphatic rings. The summed E-state index contributed by atoms with van der Waals surface area (Å²) in [5, 5.41) is 7.50. The Kier molecular flexibility index (Phi) is 4.42. The summed E-state index contributed by atoms with van der Waals surface area (Å²) in [6, 6.07) is 3.27. The van der Waals surface area contributed by atoms with Crippen molar-refractivity contribution in [2.45, 2.75) is 13.5 Å². The number of aromatic nitrogens is 3. The second kappa shape index (κ2) is 6.25. The fourth-order valence-electron chi connectivity index (χ4n) is 1.71. The minimum absolute atomic E-state index is 0.0414. The number of hydrogen-bond donors (Lipinski definition) is 0. The van der Waals surface area contributed by atoms with Crippen LogP contribution < -0.4 is 0 Å². The first-order chi connectivity index (χ1) is 10.0. The van der Waals surface area contributed by atoms with Crippen LogP contribution in [0.25, 0.3) is 0 Å². The molecule has 0 aliphatic heterocycles. The number of nitrogens with zero attached hydrogens (tertiary/aromatic N) is 3. The van der Waals surface area contributed by atoms with Crippen molar-refractivity contribution >= 4 is 5.97 Å². The minimum atomic E-state index is -0.680. The number of hydrogen-bond acceptors (Lipinski definition) is 4. The maximum Gasteiger partial charge on any atom is 0.361 e. The molecule has 2 rings (SSSR count). The molecule has 0 amide bonds. The summed E-state index contributed by atoms with van der Waals surface area (Å²) >= 11 is 0. The number of esters is 1. The first-order valence-electron chi connectivity index (χ1n) is 6.15. The third-order valence-corrected chi connectivity index (χ3v) is 2.84. The van der Waals surface area contributed by atoms with Crippen LogP contribution in [0.15, 0.2) is 30.9 Å². The van der Waals surface area contributed by atoms with Gasteiger partial charge in [0.1, 0.15) is 18.2 Å². The normalized spacial score (nSPS) is 10.4. The fraction of sp³-hybridized carbons (Fsp3) is 0.214. The Balaban J connectivity index is 2.20. The van der Waals surface area contributed by atoms with Gasteiger partial charge in [-0.25, -0.2) is 18.3 Å². The van der Waals surface area contributed by atoms with Crippen molar-refractivity contribution in [1.29, 1.82) is 0 Å². The van der Waals surface area contributed by atoms with Crippen molar-refractivity contribution < 1.29 is 18.3 Å². The summed E-state index contributed by atoms with van der Waals surface area (Å²) < 4.78 is 32.7. The van der Waals surface area contributed by atoms with E-state index in [9.17, 15) is 13.6 Å². The molecular weight excluding hydrogens is 280 g/mol. The average Bonchev–Trinajstić information content (AvgIpc) is 2.81. The maximum atomic E-state index is 13.6. The maximum absolute atomic E-state index is 13.6. The van der Waals surface area contributed by atoms with Crippen LogP contribution in [0.5, 0.6) is 0 Å². The predicted molar refractivity (Wildman–Crippen MR) is 70.7 cm³/mol. The fourth-order valence-corrected chi connectivity index (χ4v) is 1.71. The quantitative estimate of drug-likeness (QED) is 0.627. The van der Waals surface area contributed by atoms with Crippen LogP contribution in [0.3, 0.4) is 0 Å². The molecule has 0 spiro atoms. The lowest BCUT2D eigenvalue weighted by Crippen LogP contribution is -2.09. The van der Waals surface area contributed by atoms with Gasteiger partial charge in [0, 0.05) is 11.6 Å². The monoisotopic (exact) mass is 293 g/mol. The van der Waals surface area contributed by atoms with Crippen molar-refractivity contribution in [3.05, 3.63) is 59.4 Å². The number of benzene rings is 1. The zero-order valence-electron chi connectivity index (χ0n) is 11.3. The zero-order valence-corrected chi connectivity index (χ0v) is 11.3. The highest BCUT2D eigenvalue weighted by Crippen LogP contribution is 2.13. The number of ether oxygens (including phenoxy) is 1. The second-order valence-corrected chi connectivity index (χ2v) is 4.30. The van der Waals surface area contributed by atoms with E-state index in [2.05, 4.69) is 16.9 Å². The summed E-state index contributed by atoms with van der Waals surface area (Å²) in [7, 11) is 0. The van der Waals surface area contributed by atoms with Crippen LogP contribution in [0, 0.1) is 18.6 Å². The smallest absolute Gasteiger partial charge is 0.361 e. The van der Waals surface area contributed by atoms with Crippen LogP contribution in [0.4, 0.5) is 8.78 Å². The van der Waals surface area contributed by atoms with Crippen molar-refractivity contribution in [2.24, 2.45) is 0 Å². The number of carbonyl (C=O) groups is 1. The summed E-state index contributed by atoms with van der Waals surface area (Å²) in [6.45, 7) is 5.16. The molecule has 110 valence electrons. The highest BCUT2D eigenvalue weighted by molar-refractivity contribution is 5.88.